The molecule has 0 atom stereocenters. The van der Waals surface area contributed by atoms with E-state index in [-0.39, 0.29) is 22.9 Å². The van der Waals surface area contributed by atoms with Crippen LogP contribution < -0.4 is 19.5 Å². The van der Waals surface area contributed by atoms with Crippen LogP contribution in [0.15, 0.2) is 41.3 Å². The van der Waals surface area contributed by atoms with Crippen molar-refractivity contribution in [3.8, 4) is 11.5 Å². The van der Waals surface area contributed by atoms with Crippen LogP contribution in [0.3, 0.4) is 0 Å². The predicted molar refractivity (Wildman–Crippen MR) is 127 cm³/mol. The molecule has 1 aliphatic heterocycles. The fraction of sp³-hybridized carbons (Fsp3) is 0.364. The number of carbonyl (C=O) groups is 2. The molecular formula is C22H24Cl2N2O7S. The summed E-state index contributed by atoms with van der Waals surface area (Å²) in [6, 6.07) is 9.07. The molecule has 2 aromatic rings. The Balaban J connectivity index is 1.30. The van der Waals surface area contributed by atoms with Crippen LogP contribution >= 0.6 is 23.2 Å². The van der Waals surface area contributed by atoms with E-state index in [0.717, 1.165) is 0 Å². The smallest absolute Gasteiger partial charge is 0.306 e. The van der Waals surface area contributed by atoms with Crippen LogP contribution in [0.4, 0.5) is 5.69 Å². The van der Waals surface area contributed by atoms with Crippen LogP contribution in [0.1, 0.15) is 25.7 Å². The van der Waals surface area contributed by atoms with Crippen molar-refractivity contribution in [1.82, 2.24) is 4.72 Å². The zero-order valence-electron chi connectivity index (χ0n) is 18.1. The van der Waals surface area contributed by atoms with Gasteiger partial charge in [0.25, 0.3) is 5.91 Å². The zero-order chi connectivity index (χ0) is 24.6. The molecule has 1 aliphatic rings. The van der Waals surface area contributed by atoms with Gasteiger partial charge < -0.3 is 19.5 Å². The monoisotopic (exact) mass is 530 g/mol. The molecule has 0 saturated heterocycles. The second-order valence-corrected chi connectivity index (χ2v) is 9.96. The number of fused-ring (bicyclic) bond motifs is 1. The third-order valence-electron chi connectivity index (χ3n) is 4.74. The molecule has 0 spiro atoms. The number of ether oxygens (including phenoxy) is 3. The molecule has 0 aliphatic carbocycles. The third-order valence-corrected chi connectivity index (χ3v) is 6.75. The third kappa shape index (κ3) is 7.76. The lowest BCUT2D eigenvalue weighted by Crippen LogP contribution is -2.25. The van der Waals surface area contributed by atoms with Gasteiger partial charge in [-0.15, -0.1) is 0 Å². The minimum absolute atomic E-state index is 0.0958. The number of sulfonamides is 1. The normalized spacial score (nSPS) is 12.8. The van der Waals surface area contributed by atoms with E-state index in [0.29, 0.717) is 54.7 Å². The van der Waals surface area contributed by atoms with E-state index in [1.54, 1.807) is 18.2 Å². The second kappa shape index (κ2) is 12.3. The maximum Gasteiger partial charge on any atom is 0.306 e. The van der Waals surface area contributed by atoms with Crippen molar-refractivity contribution in [3.63, 3.8) is 0 Å². The standard InChI is InChI=1S/C22H24Cl2N2O7S/c23-15-5-7-18(17(24)12-15)26-21(27)14-33-22(28)4-2-1-3-9-25-34(29,30)16-6-8-19-20(13-16)32-11-10-31-19/h5-8,12-13,25H,1-4,9-11,14H2,(H,26,27). The summed E-state index contributed by atoms with van der Waals surface area (Å²) in [5.74, 6) is -0.124. The molecule has 3 rings (SSSR count). The SMILES string of the molecule is O=C(COC(=O)CCCCCNS(=O)(=O)c1ccc2c(c1)OCCO2)Nc1ccc(Cl)cc1Cl. The largest absolute Gasteiger partial charge is 0.486 e. The lowest BCUT2D eigenvalue weighted by Gasteiger charge is -2.18. The lowest BCUT2D eigenvalue weighted by atomic mass is 10.2. The molecule has 34 heavy (non-hydrogen) atoms. The van der Waals surface area contributed by atoms with Crippen LogP contribution in [-0.4, -0.2) is 46.7 Å². The van der Waals surface area contributed by atoms with Gasteiger partial charge in [-0.3, -0.25) is 9.59 Å². The predicted octanol–water partition coefficient (Wildman–Crippen LogP) is 3.79. The van der Waals surface area contributed by atoms with Gasteiger partial charge in [0.1, 0.15) is 13.2 Å². The molecule has 2 aromatic carbocycles. The van der Waals surface area contributed by atoms with Crippen molar-refractivity contribution in [2.24, 2.45) is 0 Å². The first-order valence-corrected chi connectivity index (χ1v) is 12.8. The molecule has 0 bridgehead atoms. The number of carbonyl (C=O) groups excluding carboxylic acids is 2. The first-order chi connectivity index (χ1) is 16.2. The van der Waals surface area contributed by atoms with E-state index < -0.39 is 28.5 Å². The molecular weight excluding hydrogens is 507 g/mol. The molecule has 0 unspecified atom stereocenters. The Bertz CT molecular complexity index is 1140. The van der Waals surface area contributed by atoms with Crippen LogP contribution in [0.25, 0.3) is 0 Å². The minimum atomic E-state index is -3.69. The summed E-state index contributed by atoms with van der Waals surface area (Å²) in [6.07, 6.45) is 1.75. The molecule has 9 nitrogen and oxygen atoms in total. The number of anilines is 1. The summed E-state index contributed by atoms with van der Waals surface area (Å²) in [6.45, 7) is 0.577. The summed E-state index contributed by atoms with van der Waals surface area (Å²) in [7, 11) is -3.69. The van der Waals surface area contributed by atoms with Gasteiger partial charge in [-0.1, -0.05) is 29.6 Å². The molecule has 12 heteroatoms. The van der Waals surface area contributed by atoms with Gasteiger partial charge in [0, 0.05) is 24.1 Å². The minimum Gasteiger partial charge on any atom is -0.486 e. The number of esters is 1. The Labute approximate surface area is 207 Å². The molecule has 0 saturated carbocycles. The summed E-state index contributed by atoms with van der Waals surface area (Å²) < 4.78 is 43.2. The van der Waals surface area contributed by atoms with Crippen molar-refractivity contribution >= 4 is 50.8 Å². The van der Waals surface area contributed by atoms with Gasteiger partial charge in [0.05, 0.1) is 15.6 Å². The maximum absolute atomic E-state index is 12.4. The Kier molecular flexibility index (Phi) is 9.40. The highest BCUT2D eigenvalue weighted by atomic mass is 35.5. The van der Waals surface area contributed by atoms with E-state index in [4.69, 9.17) is 37.4 Å². The van der Waals surface area contributed by atoms with E-state index in [2.05, 4.69) is 10.0 Å². The highest BCUT2D eigenvalue weighted by Gasteiger charge is 2.19. The highest BCUT2D eigenvalue weighted by Crippen LogP contribution is 2.32. The number of hydrogen-bond acceptors (Lipinski definition) is 7. The van der Waals surface area contributed by atoms with Gasteiger partial charge in [-0.25, -0.2) is 13.1 Å². The molecule has 0 fully saturated rings. The first-order valence-electron chi connectivity index (χ1n) is 10.5. The number of unbranched alkanes of at least 4 members (excludes halogenated alkanes) is 2. The fourth-order valence-electron chi connectivity index (χ4n) is 3.05. The molecule has 184 valence electrons. The average Bonchev–Trinajstić information content (AvgIpc) is 2.81. The van der Waals surface area contributed by atoms with Crippen molar-refractivity contribution in [2.75, 3.05) is 31.7 Å². The number of halogens is 2. The van der Waals surface area contributed by atoms with E-state index >= 15 is 0 Å². The molecule has 0 aromatic heterocycles. The summed E-state index contributed by atoms with van der Waals surface area (Å²) in [4.78, 5) is 23.8. The van der Waals surface area contributed by atoms with Crippen LogP contribution in [0.2, 0.25) is 10.0 Å². The molecule has 2 N–H and O–H groups in total. The number of rotatable bonds is 11. The molecule has 0 radical (unpaired) electrons. The maximum atomic E-state index is 12.4. The van der Waals surface area contributed by atoms with Gasteiger partial charge in [0.2, 0.25) is 10.0 Å². The average molecular weight is 531 g/mol. The summed E-state index contributed by atoms with van der Waals surface area (Å²) in [5, 5.41) is 3.24. The zero-order valence-corrected chi connectivity index (χ0v) is 20.5. The van der Waals surface area contributed by atoms with E-state index in [9.17, 15) is 18.0 Å². The van der Waals surface area contributed by atoms with Gasteiger partial charge in [-0.2, -0.15) is 0 Å². The Hall–Kier alpha value is -2.53. The van der Waals surface area contributed by atoms with E-state index in [1.165, 1.54) is 18.2 Å². The van der Waals surface area contributed by atoms with Gasteiger partial charge in [0.15, 0.2) is 18.1 Å². The molecule has 1 amide bonds. The Morgan fingerprint density at radius 3 is 2.50 bits per heavy atom. The Morgan fingerprint density at radius 2 is 1.74 bits per heavy atom. The van der Waals surface area contributed by atoms with Crippen LogP contribution in [0, 0.1) is 0 Å². The summed E-state index contributed by atoms with van der Waals surface area (Å²) in [5.41, 5.74) is 0.366. The van der Waals surface area contributed by atoms with Gasteiger partial charge >= 0.3 is 5.97 Å². The number of hydrogen-bond donors (Lipinski definition) is 2. The number of benzene rings is 2. The topological polar surface area (TPSA) is 120 Å². The van der Waals surface area contributed by atoms with Crippen molar-refractivity contribution < 1.29 is 32.2 Å². The van der Waals surface area contributed by atoms with Crippen molar-refractivity contribution in [1.29, 1.82) is 0 Å². The first kappa shape index (κ1) is 26.1. The lowest BCUT2D eigenvalue weighted by molar-refractivity contribution is -0.147. The van der Waals surface area contributed by atoms with E-state index in [1.807, 2.05) is 0 Å². The van der Waals surface area contributed by atoms with Crippen molar-refractivity contribution in [2.45, 2.75) is 30.6 Å². The summed E-state index contributed by atoms with van der Waals surface area (Å²) >= 11 is 11.8. The highest BCUT2D eigenvalue weighted by molar-refractivity contribution is 7.89. The number of amides is 1. The van der Waals surface area contributed by atoms with Gasteiger partial charge in [-0.05, 0) is 43.2 Å². The fourth-order valence-corrected chi connectivity index (χ4v) is 4.59. The molecule has 1 heterocycles. The quantitative estimate of drug-likeness (QED) is 0.335. The van der Waals surface area contributed by atoms with Crippen molar-refractivity contribution in [3.05, 3.63) is 46.4 Å². The number of nitrogens with one attached hydrogen (secondary N) is 2. The second-order valence-electron chi connectivity index (χ2n) is 7.35. The Morgan fingerprint density at radius 1 is 0.971 bits per heavy atom. The van der Waals surface area contributed by atoms with Crippen LogP contribution in [-0.2, 0) is 24.3 Å². The van der Waals surface area contributed by atoms with Crippen LogP contribution in [0.5, 0.6) is 11.5 Å².